The number of carbonyl (C=O) groups excluding carboxylic acids is 1. The minimum absolute atomic E-state index is 0.00486. The molecule has 2 aromatic carbocycles. The number of hydrogen-bond acceptors (Lipinski definition) is 6. The first kappa shape index (κ1) is 18.8. The number of nitrogens with zero attached hydrogens (tertiary/aromatic N) is 1. The molecule has 0 fully saturated rings. The molecule has 0 bridgehead atoms. The number of ether oxygens (including phenoxy) is 2. The summed E-state index contributed by atoms with van der Waals surface area (Å²) in [6.07, 6.45) is 0.141. The van der Waals surface area contributed by atoms with Crippen LogP contribution < -0.4 is 20.1 Å². The molecule has 0 unspecified atom stereocenters. The van der Waals surface area contributed by atoms with Crippen molar-refractivity contribution in [3.05, 3.63) is 57.1 Å². The van der Waals surface area contributed by atoms with Gasteiger partial charge in [0, 0.05) is 19.2 Å². The van der Waals surface area contributed by atoms with E-state index in [1.54, 1.807) is 30.3 Å². The van der Waals surface area contributed by atoms with Crippen molar-refractivity contribution in [3.63, 3.8) is 0 Å². The smallest absolute Gasteiger partial charge is 0.292 e. The summed E-state index contributed by atoms with van der Waals surface area (Å²) >= 11 is 6.16. The van der Waals surface area contributed by atoms with Gasteiger partial charge in [-0.25, -0.2) is 0 Å². The Kier molecular flexibility index (Phi) is 5.97. The van der Waals surface area contributed by atoms with E-state index in [0.29, 0.717) is 54.1 Å². The van der Waals surface area contributed by atoms with Crippen LogP contribution in [-0.4, -0.2) is 37.1 Å². The Morgan fingerprint density at radius 1 is 1.19 bits per heavy atom. The number of rotatable bonds is 7. The fraction of sp³-hybridized carbons (Fsp3) is 0.278. The topological polar surface area (TPSA) is 103 Å². The summed E-state index contributed by atoms with van der Waals surface area (Å²) in [5, 5.41) is 17.1. The Labute approximate surface area is 160 Å². The molecule has 27 heavy (non-hydrogen) atoms. The second-order valence-electron chi connectivity index (χ2n) is 5.83. The molecule has 1 heterocycles. The molecule has 0 atom stereocenters. The van der Waals surface area contributed by atoms with Crippen LogP contribution in [0.3, 0.4) is 0 Å². The average molecular weight is 392 g/mol. The summed E-state index contributed by atoms with van der Waals surface area (Å²) in [5.74, 6) is 0.849. The number of fused-ring (bicyclic) bond motifs is 1. The minimum atomic E-state index is -0.452. The van der Waals surface area contributed by atoms with E-state index in [0.717, 1.165) is 0 Å². The van der Waals surface area contributed by atoms with Crippen molar-refractivity contribution < 1.29 is 19.2 Å². The number of hydrogen-bond donors (Lipinski definition) is 2. The van der Waals surface area contributed by atoms with Gasteiger partial charge in [-0.05, 0) is 23.8 Å². The molecule has 0 saturated heterocycles. The first-order chi connectivity index (χ1) is 13.0. The summed E-state index contributed by atoms with van der Waals surface area (Å²) in [6, 6.07) is 9.78. The lowest BCUT2D eigenvalue weighted by atomic mass is 10.1. The van der Waals surface area contributed by atoms with Gasteiger partial charge >= 0.3 is 0 Å². The Balaban J connectivity index is 1.49. The first-order valence-electron chi connectivity index (χ1n) is 8.36. The summed E-state index contributed by atoms with van der Waals surface area (Å²) in [4.78, 5) is 22.6. The predicted octanol–water partition coefficient (Wildman–Crippen LogP) is 2.79. The van der Waals surface area contributed by atoms with Gasteiger partial charge in [0.05, 0.1) is 16.4 Å². The summed E-state index contributed by atoms with van der Waals surface area (Å²) in [5.41, 5.74) is 1.12. The monoisotopic (exact) mass is 391 g/mol. The largest absolute Gasteiger partial charge is 0.486 e. The van der Waals surface area contributed by atoms with Crippen LogP contribution in [0.5, 0.6) is 11.5 Å². The predicted molar refractivity (Wildman–Crippen MR) is 101 cm³/mol. The van der Waals surface area contributed by atoms with Crippen molar-refractivity contribution in [2.45, 2.75) is 6.42 Å². The lowest BCUT2D eigenvalue weighted by Crippen LogP contribution is -2.30. The van der Waals surface area contributed by atoms with Crippen molar-refractivity contribution in [2.75, 3.05) is 31.6 Å². The van der Waals surface area contributed by atoms with E-state index in [1.807, 2.05) is 0 Å². The SMILES string of the molecule is O=C(Cc1cc(Cl)c2c(c1)OCCO2)NCCNc1ccccc1[N+](=O)[O-]. The third-order valence-corrected chi connectivity index (χ3v) is 4.17. The number of nitrogens with one attached hydrogen (secondary N) is 2. The number of nitro groups is 1. The number of nitro benzene ring substituents is 1. The first-order valence-corrected chi connectivity index (χ1v) is 8.74. The molecule has 3 rings (SSSR count). The molecule has 1 aliphatic heterocycles. The zero-order chi connectivity index (χ0) is 19.2. The van der Waals surface area contributed by atoms with Gasteiger partial charge in [0.2, 0.25) is 5.91 Å². The van der Waals surface area contributed by atoms with Crippen LogP contribution in [0.25, 0.3) is 0 Å². The van der Waals surface area contributed by atoms with Crippen LogP contribution in [0, 0.1) is 10.1 Å². The third-order valence-electron chi connectivity index (χ3n) is 3.88. The molecule has 2 aromatic rings. The van der Waals surface area contributed by atoms with Crippen LogP contribution in [0.1, 0.15) is 5.56 Å². The number of carbonyl (C=O) groups is 1. The van der Waals surface area contributed by atoms with Gasteiger partial charge in [0.25, 0.3) is 5.69 Å². The van der Waals surface area contributed by atoms with Crippen LogP contribution >= 0.6 is 11.6 Å². The molecular formula is C18H18ClN3O5. The summed E-state index contributed by atoms with van der Waals surface area (Å²) in [7, 11) is 0. The van der Waals surface area contributed by atoms with Gasteiger partial charge in [-0.1, -0.05) is 23.7 Å². The zero-order valence-corrected chi connectivity index (χ0v) is 15.1. The highest BCUT2D eigenvalue weighted by molar-refractivity contribution is 6.32. The number of amides is 1. The molecular weight excluding hydrogens is 374 g/mol. The molecule has 142 valence electrons. The number of anilines is 1. The zero-order valence-electron chi connectivity index (χ0n) is 14.4. The van der Waals surface area contributed by atoms with E-state index in [9.17, 15) is 14.9 Å². The van der Waals surface area contributed by atoms with Crippen LogP contribution in [0.15, 0.2) is 36.4 Å². The molecule has 1 aliphatic rings. The fourth-order valence-electron chi connectivity index (χ4n) is 2.70. The Bertz CT molecular complexity index is 859. The maximum atomic E-state index is 12.1. The van der Waals surface area contributed by atoms with E-state index in [4.69, 9.17) is 21.1 Å². The number of para-hydroxylation sites is 2. The highest BCUT2D eigenvalue weighted by Gasteiger charge is 2.17. The lowest BCUT2D eigenvalue weighted by Gasteiger charge is -2.20. The molecule has 0 saturated carbocycles. The Hall–Kier alpha value is -3.00. The van der Waals surface area contributed by atoms with Crippen LogP contribution in [-0.2, 0) is 11.2 Å². The van der Waals surface area contributed by atoms with Crippen molar-refractivity contribution in [3.8, 4) is 11.5 Å². The minimum Gasteiger partial charge on any atom is -0.486 e. The normalized spacial score (nSPS) is 12.3. The number of benzene rings is 2. The quantitative estimate of drug-likeness (QED) is 0.427. The maximum Gasteiger partial charge on any atom is 0.292 e. The van der Waals surface area contributed by atoms with E-state index >= 15 is 0 Å². The average Bonchev–Trinajstić information content (AvgIpc) is 2.65. The van der Waals surface area contributed by atoms with Crippen LogP contribution in [0.4, 0.5) is 11.4 Å². The van der Waals surface area contributed by atoms with Gasteiger partial charge in [-0.2, -0.15) is 0 Å². The fourth-order valence-corrected chi connectivity index (χ4v) is 2.98. The number of halogens is 1. The summed E-state index contributed by atoms with van der Waals surface area (Å²) in [6.45, 7) is 1.57. The molecule has 0 aromatic heterocycles. The highest BCUT2D eigenvalue weighted by Crippen LogP contribution is 2.38. The molecule has 9 heteroatoms. The van der Waals surface area contributed by atoms with E-state index < -0.39 is 4.92 Å². The standard InChI is InChI=1S/C18H18ClN3O5/c19-13-9-12(10-16-18(13)27-8-7-26-16)11-17(23)21-6-5-20-14-3-1-2-4-15(14)22(24)25/h1-4,9-10,20H,5-8,11H2,(H,21,23). The van der Waals surface area contributed by atoms with E-state index in [-0.39, 0.29) is 18.0 Å². The second-order valence-corrected chi connectivity index (χ2v) is 6.24. The third kappa shape index (κ3) is 4.79. The maximum absolute atomic E-state index is 12.1. The Morgan fingerprint density at radius 2 is 1.96 bits per heavy atom. The van der Waals surface area contributed by atoms with Crippen molar-refractivity contribution in [2.24, 2.45) is 0 Å². The molecule has 0 aliphatic carbocycles. The van der Waals surface area contributed by atoms with Gasteiger partial charge in [0.15, 0.2) is 11.5 Å². The summed E-state index contributed by atoms with van der Waals surface area (Å²) < 4.78 is 10.9. The van der Waals surface area contributed by atoms with Gasteiger partial charge in [-0.15, -0.1) is 0 Å². The van der Waals surface area contributed by atoms with Crippen molar-refractivity contribution in [1.82, 2.24) is 5.32 Å². The molecule has 0 spiro atoms. The Morgan fingerprint density at radius 3 is 2.78 bits per heavy atom. The van der Waals surface area contributed by atoms with Gasteiger partial charge in [0.1, 0.15) is 18.9 Å². The van der Waals surface area contributed by atoms with Gasteiger partial charge < -0.3 is 20.1 Å². The second kappa shape index (κ2) is 8.59. The van der Waals surface area contributed by atoms with Crippen molar-refractivity contribution in [1.29, 1.82) is 0 Å². The lowest BCUT2D eigenvalue weighted by molar-refractivity contribution is -0.384. The van der Waals surface area contributed by atoms with Crippen molar-refractivity contribution >= 4 is 28.9 Å². The molecule has 8 nitrogen and oxygen atoms in total. The van der Waals surface area contributed by atoms with Gasteiger partial charge in [-0.3, -0.25) is 14.9 Å². The molecule has 0 radical (unpaired) electrons. The molecule has 1 amide bonds. The molecule has 2 N–H and O–H groups in total. The highest BCUT2D eigenvalue weighted by atomic mass is 35.5. The van der Waals surface area contributed by atoms with E-state index in [1.165, 1.54) is 6.07 Å². The van der Waals surface area contributed by atoms with Crippen LogP contribution in [0.2, 0.25) is 5.02 Å². The van der Waals surface area contributed by atoms with E-state index in [2.05, 4.69) is 10.6 Å².